The Labute approximate surface area is 88.1 Å². The van der Waals surface area contributed by atoms with Crippen molar-refractivity contribution in [3.05, 3.63) is 24.3 Å². The van der Waals surface area contributed by atoms with Gasteiger partial charge in [0.15, 0.2) is 0 Å². The molecule has 2 aromatic rings. The van der Waals surface area contributed by atoms with Crippen LogP contribution in [-0.2, 0) is 11.5 Å². The van der Waals surface area contributed by atoms with E-state index in [0.717, 1.165) is 23.2 Å². The maximum atomic E-state index is 4.01. The Kier molecular flexibility index (Phi) is 3.41. The number of nitrogens with one attached hydrogen (secondary N) is 2. The Balaban J connectivity index is 1.65. The number of H-pyrrole nitrogens is 2. The van der Waals surface area contributed by atoms with Crippen LogP contribution in [0.5, 0.6) is 0 Å². The van der Waals surface area contributed by atoms with Crippen molar-refractivity contribution in [2.75, 3.05) is 0 Å². The molecule has 0 saturated heterocycles. The molecule has 0 aliphatic heterocycles. The number of nitrogens with zero attached hydrogens (tertiary/aromatic N) is 4. The van der Waals surface area contributed by atoms with Crippen LogP contribution in [0.2, 0.25) is 0 Å². The van der Waals surface area contributed by atoms with Crippen molar-refractivity contribution in [3.63, 3.8) is 0 Å². The molecule has 0 aromatic carbocycles. The standard InChI is InChI=1S/C6H8N6S2/c1(5-7-3-9-11-5)13-14-2-6-8-4-10-12-6/h3-4H,1-2H2,(H,7,9,11)(H,8,10,12). The van der Waals surface area contributed by atoms with Gasteiger partial charge in [0.05, 0.1) is 11.5 Å². The first kappa shape index (κ1) is 9.53. The second-order valence-electron chi connectivity index (χ2n) is 2.39. The van der Waals surface area contributed by atoms with E-state index in [0.29, 0.717) is 0 Å². The van der Waals surface area contributed by atoms with Gasteiger partial charge in [-0.1, -0.05) is 21.6 Å². The van der Waals surface area contributed by atoms with Crippen LogP contribution < -0.4 is 0 Å². The van der Waals surface area contributed by atoms with E-state index in [2.05, 4.69) is 30.4 Å². The van der Waals surface area contributed by atoms with E-state index in [9.17, 15) is 0 Å². The Hall–Kier alpha value is -1.02. The number of hydrogen-bond donors (Lipinski definition) is 2. The molecule has 2 N–H and O–H groups in total. The number of aromatic nitrogens is 6. The maximum Gasteiger partial charge on any atom is 0.137 e. The fourth-order valence-corrected chi connectivity index (χ4v) is 2.63. The zero-order valence-corrected chi connectivity index (χ0v) is 8.81. The summed E-state index contributed by atoms with van der Waals surface area (Å²) in [4.78, 5) is 8.03. The normalized spacial score (nSPS) is 10.6. The highest BCUT2D eigenvalue weighted by Crippen LogP contribution is 2.26. The molecular weight excluding hydrogens is 220 g/mol. The molecule has 2 aromatic heterocycles. The van der Waals surface area contributed by atoms with Crippen LogP contribution in [0.15, 0.2) is 12.7 Å². The van der Waals surface area contributed by atoms with Gasteiger partial charge >= 0.3 is 0 Å². The van der Waals surface area contributed by atoms with E-state index in [-0.39, 0.29) is 0 Å². The first-order valence-corrected chi connectivity index (χ1v) is 6.37. The fraction of sp³-hybridized carbons (Fsp3) is 0.333. The summed E-state index contributed by atoms with van der Waals surface area (Å²) in [5.74, 6) is 3.41. The second kappa shape index (κ2) is 5.01. The molecule has 8 heteroatoms. The molecule has 0 fully saturated rings. The summed E-state index contributed by atoms with van der Waals surface area (Å²) >= 11 is 0. The predicted octanol–water partition coefficient (Wildman–Crippen LogP) is 1.00. The number of rotatable bonds is 5. The van der Waals surface area contributed by atoms with E-state index in [1.165, 1.54) is 12.7 Å². The lowest BCUT2D eigenvalue weighted by Gasteiger charge is -1.95. The molecule has 0 spiro atoms. The Bertz CT molecular complexity index is 308. The van der Waals surface area contributed by atoms with Crippen molar-refractivity contribution in [2.24, 2.45) is 0 Å². The molecule has 6 nitrogen and oxygen atoms in total. The highest BCUT2D eigenvalue weighted by atomic mass is 33.1. The van der Waals surface area contributed by atoms with Gasteiger partial charge in [-0.15, -0.1) is 0 Å². The van der Waals surface area contributed by atoms with Gasteiger partial charge in [0.2, 0.25) is 0 Å². The summed E-state index contributed by atoms with van der Waals surface area (Å²) in [6.45, 7) is 0. The minimum absolute atomic E-state index is 0.818. The third-order valence-corrected chi connectivity index (χ3v) is 3.56. The molecule has 0 radical (unpaired) electrons. The second-order valence-corrected chi connectivity index (χ2v) is 4.85. The van der Waals surface area contributed by atoms with E-state index in [1.54, 1.807) is 21.6 Å². The molecule has 0 amide bonds. The zero-order valence-electron chi connectivity index (χ0n) is 7.17. The van der Waals surface area contributed by atoms with Crippen LogP contribution in [0, 0.1) is 0 Å². The molecule has 2 heterocycles. The van der Waals surface area contributed by atoms with Gasteiger partial charge in [0.25, 0.3) is 0 Å². The number of aromatic amines is 2. The molecular formula is C6H8N6S2. The fourth-order valence-electron chi connectivity index (χ4n) is 0.796. The third-order valence-electron chi connectivity index (χ3n) is 1.40. The highest BCUT2D eigenvalue weighted by molar-refractivity contribution is 8.76. The van der Waals surface area contributed by atoms with Crippen LogP contribution in [0.25, 0.3) is 0 Å². The van der Waals surface area contributed by atoms with Crippen LogP contribution in [0.3, 0.4) is 0 Å². The molecule has 0 unspecified atom stereocenters. The van der Waals surface area contributed by atoms with Crippen molar-refractivity contribution >= 4 is 21.6 Å². The summed E-state index contributed by atoms with van der Waals surface area (Å²) in [7, 11) is 3.41. The first-order valence-electron chi connectivity index (χ1n) is 3.88. The average molecular weight is 228 g/mol. The average Bonchev–Trinajstić information content (AvgIpc) is 2.86. The van der Waals surface area contributed by atoms with E-state index >= 15 is 0 Å². The minimum Gasteiger partial charge on any atom is -0.263 e. The summed E-state index contributed by atoms with van der Waals surface area (Å²) < 4.78 is 0. The quantitative estimate of drug-likeness (QED) is 0.587. The molecule has 0 aliphatic carbocycles. The van der Waals surface area contributed by atoms with Gasteiger partial charge in [-0.25, -0.2) is 9.97 Å². The van der Waals surface area contributed by atoms with E-state index < -0.39 is 0 Å². The van der Waals surface area contributed by atoms with Crippen molar-refractivity contribution in [2.45, 2.75) is 11.5 Å². The van der Waals surface area contributed by atoms with Crippen LogP contribution in [0.1, 0.15) is 11.6 Å². The smallest absolute Gasteiger partial charge is 0.137 e. The first-order chi connectivity index (χ1) is 6.95. The largest absolute Gasteiger partial charge is 0.263 e. The van der Waals surface area contributed by atoms with Gasteiger partial charge in [-0.2, -0.15) is 10.2 Å². The maximum absolute atomic E-state index is 4.01. The van der Waals surface area contributed by atoms with Gasteiger partial charge in [0, 0.05) is 0 Å². The predicted molar refractivity (Wildman–Crippen MR) is 55.4 cm³/mol. The lowest BCUT2D eigenvalue weighted by Crippen LogP contribution is -1.84. The molecule has 0 aliphatic rings. The summed E-state index contributed by atoms with van der Waals surface area (Å²) in [6, 6.07) is 0. The molecule has 14 heavy (non-hydrogen) atoms. The minimum atomic E-state index is 0.818. The summed E-state index contributed by atoms with van der Waals surface area (Å²) in [6.07, 6.45) is 3.02. The Morgan fingerprint density at radius 1 is 0.929 bits per heavy atom. The van der Waals surface area contributed by atoms with Crippen molar-refractivity contribution in [1.82, 2.24) is 30.4 Å². The number of hydrogen-bond acceptors (Lipinski definition) is 6. The Morgan fingerprint density at radius 2 is 1.43 bits per heavy atom. The van der Waals surface area contributed by atoms with Crippen molar-refractivity contribution < 1.29 is 0 Å². The molecule has 0 bridgehead atoms. The lowest BCUT2D eigenvalue weighted by atomic mass is 10.7. The molecule has 0 atom stereocenters. The van der Waals surface area contributed by atoms with Crippen LogP contribution in [0.4, 0.5) is 0 Å². The van der Waals surface area contributed by atoms with E-state index in [1.807, 2.05) is 0 Å². The molecule has 0 saturated carbocycles. The molecule has 74 valence electrons. The summed E-state index contributed by atoms with van der Waals surface area (Å²) in [5, 5.41) is 13.1. The van der Waals surface area contributed by atoms with Gasteiger partial charge in [-0.3, -0.25) is 10.2 Å². The molecule has 2 rings (SSSR count). The van der Waals surface area contributed by atoms with Crippen LogP contribution >= 0.6 is 21.6 Å². The third kappa shape index (κ3) is 2.74. The Morgan fingerprint density at radius 3 is 1.79 bits per heavy atom. The van der Waals surface area contributed by atoms with Crippen LogP contribution in [-0.4, -0.2) is 30.4 Å². The monoisotopic (exact) mass is 228 g/mol. The van der Waals surface area contributed by atoms with Gasteiger partial charge < -0.3 is 0 Å². The summed E-state index contributed by atoms with van der Waals surface area (Å²) in [5.41, 5.74) is 0. The van der Waals surface area contributed by atoms with Gasteiger partial charge in [-0.05, 0) is 0 Å². The highest BCUT2D eigenvalue weighted by Gasteiger charge is 1.98. The lowest BCUT2D eigenvalue weighted by molar-refractivity contribution is 1.02. The van der Waals surface area contributed by atoms with E-state index in [4.69, 9.17) is 0 Å². The zero-order chi connectivity index (χ0) is 9.64. The SMILES string of the molecule is c1n[nH]c(CSSCc2ncn[nH]2)n1. The van der Waals surface area contributed by atoms with Crippen molar-refractivity contribution in [1.29, 1.82) is 0 Å². The topological polar surface area (TPSA) is 83.1 Å². The van der Waals surface area contributed by atoms with Crippen molar-refractivity contribution in [3.8, 4) is 0 Å². The van der Waals surface area contributed by atoms with Gasteiger partial charge in [0.1, 0.15) is 24.3 Å².